The van der Waals surface area contributed by atoms with Crippen LogP contribution in [0.1, 0.15) is 24.8 Å². The van der Waals surface area contributed by atoms with E-state index in [4.69, 9.17) is 0 Å². The largest absolute Gasteiger partial charge is 0.342 e. The molecule has 7 nitrogen and oxygen atoms in total. The van der Waals surface area contributed by atoms with Crippen molar-refractivity contribution in [2.45, 2.75) is 26.2 Å². The van der Waals surface area contributed by atoms with E-state index in [-0.39, 0.29) is 11.4 Å². The highest BCUT2D eigenvalue weighted by Crippen LogP contribution is 2.16. The number of aromatic nitrogens is 2. The first-order valence-electron chi connectivity index (χ1n) is 8.11. The number of carbonyl (C=O) groups is 1. The van der Waals surface area contributed by atoms with Gasteiger partial charge in [0.25, 0.3) is 5.56 Å². The number of urea groups is 1. The summed E-state index contributed by atoms with van der Waals surface area (Å²) in [7, 11) is 0. The van der Waals surface area contributed by atoms with E-state index in [1.807, 2.05) is 30.0 Å². The first-order valence-corrected chi connectivity index (χ1v) is 8.11. The molecule has 1 aliphatic heterocycles. The van der Waals surface area contributed by atoms with Gasteiger partial charge in [0.1, 0.15) is 5.82 Å². The van der Waals surface area contributed by atoms with Crippen molar-refractivity contribution in [2.75, 3.05) is 28.6 Å². The van der Waals surface area contributed by atoms with Gasteiger partial charge in [-0.15, -0.1) is 0 Å². The highest BCUT2D eigenvalue weighted by molar-refractivity contribution is 5.99. The van der Waals surface area contributed by atoms with E-state index in [2.05, 4.69) is 20.6 Å². The molecule has 3 N–H and O–H groups in total. The summed E-state index contributed by atoms with van der Waals surface area (Å²) in [5, 5.41) is 5.36. The molecule has 24 heavy (non-hydrogen) atoms. The SMILES string of the molecule is Cc1cccc(NC(=O)Nc2cc(=O)[nH]c(N3CCCCC3)n2)c1. The average molecular weight is 327 g/mol. The number of hydrogen-bond acceptors (Lipinski definition) is 4. The summed E-state index contributed by atoms with van der Waals surface area (Å²) in [5.74, 6) is 0.748. The zero-order valence-electron chi connectivity index (χ0n) is 13.6. The van der Waals surface area contributed by atoms with Crippen LogP contribution in [0.2, 0.25) is 0 Å². The molecule has 1 aromatic carbocycles. The Kier molecular flexibility index (Phi) is 4.79. The second-order valence-electron chi connectivity index (χ2n) is 5.95. The molecule has 0 saturated carbocycles. The number of anilines is 3. The van der Waals surface area contributed by atoms with E-state index in [1.165, 1.54) is 12.5 Å². The Bertz CT molecular complexity index is 781. The first-order chi connectivity index (χ1) is 11.6. The molecular formula is C17H21N5O2. The number of nitrogens with zero attached hydrogens (tertiary/aromatic N) is 2. The summed E-state index contributed by atoms with van der Waals surface area (Å²) >= 11 is 0. The molecule has 7 heteroatoms. The van der Waals surface area contributed by atoms with Crippen LogP contribution in [0.25, 0.3) is 0 Å². The highest BCUT2D eigenvalue weighted by Gasteiger charge is 2.14. The van der Waals surface area contributed by atoms with Crippen LogP contribution in [0, 0.1) is 6.92 Å². The molecular weight excluding hydrogens is 306 g/mol. The van der Waals surface area contributed by atoms with Crippen molar-refractivity contribution in [2.24, 2.45) is 0 Å². The summed E-state index contributed by atoms with van der Waals surface area (Å²) in [5.41, 5.74) is 1.46. The third-order valence-corrected chi connectivity index (χ3v) is 3.90. The fourth-order valence-electron chi connectivity index (χ4n) is 2.77. The Balaban J connectivity index is 1.71. The molecule has 0 radical (unpaired) electrons. The van der Waals surface area contributed by atoms with E-state index >= 15 is 0 Å². The first kappa shape index (κ1) is 16.0. The molecule has 0 aliphatic carbocycles. The zero-order valence-corrected chi connectivity index (χ0v) is 13.6. The summed E-state index contributed by atoms with van der Waals surface area (Å²) in [4.78, 5) is 33.1. The van der Waals surface area contributed by atoms with Crippen molar-refractivity contribution >= 4 is 23.5 Å². The fourth-order valence-corrected chi connectivity index (χ4v) is 2.77. The van der Waals surface area contributed by atoms with Gasteiger partial charge < -0.3 is 10.2 Å². The number of aromatic amines is 1. The molecule has 1 aliphatic rings. The number of H-pyrrole nitrogens is 1. The lowest BCUT2D eigenvalue weighted by atomic mass is 10.1. The minimum absolute atomic E-state index is 0.240. The predicted molar refractivity (Wildman–Crippen MR) is 94.7 cm³/mol. The van der Waals surface area contributed by atoms with Gasteiger partial charge in [0.15, 0.2) is 0 Å². The molecule has 2 amide bonds. The molecule has 2 aromatic rings. The number of aryl methyl sites for hydroxylation is 1. The average Bonchev–Trinajstić information content (AvgIpc) is 2.55. The second-order valence-corrected chi connectivity index (χ2v) is 5.95. The number of hydrogen-bond donors (Lipinski definition) is 3. The summed E-state index contributed by atoms with van der Waals surface area (Å²) in [6, 6.07) is 8.34. The number of rotatable bonds is 3. The van der Waals surface area contributed by atoms with Gasteiger partial charge in [0, 0.05) is 24.8 Å². The maximum Gasteiger partial charge on any atom is 0.324 e. The van der Waals surface area contributed by atoms with Gasteiger partial charge in [0.05, 0.1) is 0 Å². The predicted octanol–water partition coefficient (Wildman–Crippen LogP) is 2.71. The van der Waals surface area contributed by atoms with Crippen LogP contribution in [-0.2, 0) is 0 Å². The minimum atomic E-state index is -0.428. The number of carbonyl (C=O) groups excluding carboxylic acids is 1. The fraction of sp³-hybridized carbons (Fsp3) is 0.353. The van der Waals surface area contributed by atoms with Crippen LogP contribution in [0.4, 0.5) is 22.2 Å². The van der Waals surface area contributed by atoms with Crippen molar-refractivity contribution in [1.82, 2.24) is 9.97 Å². The van der Waals surface area contributed by atoms with Gasteiger partial charge in [-0.2, -0.15) is 4.98 Å². The van der Waals surface area contributed by atoms with Gasteiger partial charge in [-0.25, -0.2) is 4.79 Å². The Morgan fingerprint density at radius 3 is 2.71 bits per heavy atom. The van der Waals surface area contributed by atoms with E-state index in [0.717, 1.165) is 31.5 Å². The second kappa shape index (κ2) is 7.16. The number of benzene rings is 1. The topological polar surface area (TPSA) is 90.1 Å². The molecule has 126 valence electrons. The Hall–Kier alpha value is -2.83. The Morgan fingerprint density at radius 1 is 1.17 bits per heavy atom. The van der Waals surface area contributed by atoms with E-state index in [1.54, 1.807) is 6.07 Å². The number of amides is 2. The summed E-state index contributed by atoms with van der Waals surface area (Å²) in [6.07, 6.45) is 3.35. The molecule has 1 fully saturated rings. The van der Waals surface area contributed by atoms with Crippen molar-refractivity contribution in [3.8, 4) is 0 Å². The van der Waals surface area contributed by atoms with Crippen molar-refractivity contribution < 1.29 is 4.79 Å². The molecule has 0 atom stereocenters. The highest BCUT2D eigenvalue weighted by atomic mass is 16.2. The van der Waals surface area contributed by atoms with Crippen molar-refractivity contribution in [3.63, 3.8) is 0 Å². The van der Waals surface area contributed by atoms with Crippen LogP contribution in [-0.4, -0.2) is 29.1 Å². The monoisotopic (exact) mass is 327 g/mol. The lowest BCUT2D eigenvalue weighted by molar-refractivity contribution is 0.262. The molecule has 0 spiro atoms. The molecule has 3 rings (SSSR count). The van der Waals surface area contributed by atoms with Gasteiger partial charge in [-0.1, -0.05) is 12.1 Å². The van der Waals surface area contributed by atoms with Gasteiger partial charge in [0.2, 0.25) is 5.95 Å². The van der Waals surface area contributed by atoms with Crippen LogP contribution in [0.3, 0.4) is 0 Å². The number of nitrogens with one attached hydrogen (secondary N) is 3. The lowest BCUT2D eigenvalue weighted by Gasteiger charge is -2.27. The lowest BCUT2D eigenvalue weighted by Crippen LogP contribution is -2.33. The van der Waals surface area contributed by atoms with E-state index < -0.39 is 6.03 Å². The normalized spacial score (nSPS) is 14.3. The van der Waals surface area contributed by atoms with E-state index in [9.17, 15) is 9.59 Å². The maximum absolute atomic E-state index is 12.1. The third-order valence-electron chi connectivity index (χ3n) is 3.90. The Morgan fingerprint density at radius 2 is 1.96 bits per heavy atom. The quantitative estimate of drug-likeness (QED) is 0.808. The van der Waals surface area contributed by atoms with E-state index in [0.29, 0.717) is 11.6 Å². The van der Waals surface area contributed by atoms with Crippen LogP contribution >= 0.6 is 0 Å². The molecule has 2 heterocycles. The minimum Gasteiger partial charge on any atom is -0.342 e. The van der Waals surface area contributed by atoms with Crippen molar-refractivity contribution in [1.29, 1.82) is 0 Å². The summed E-state index contributed by atoms with van der Waals surface area (Å²) < 4.78 is 0. The van der Waals surface area contributed by atoms with Crippen molar-refractivity contribution in [3.05, 3.63) is 46.2 Å². The van der Waals surface area contributed by atoms with Crippen LogP contribution in [0.5, 0.6) is 0 Å². The smallest absolute Gasteiger partial charge is 0.324 e. The Labute approximate surface area is 140 Å². The van der Waals surface area contributed by atoms with Gasteiger partial charge in [-0.3, -0.25) is 15.1 Å². The molecule has 1 saturated heterocycles. The molecule has 0 bridgehead atoms. The summed E-state index contributed by atoms with van der Waals surface area (Å²) in [6.45, 7) is 3.68. The molecule has 1 aromatic heterocycles. The molecule has 0 unspecified atom stereocenters. The van der Waals surface area contributed by atoms with Crippen LogP contribution in [0.15, 0.2) is 35.1 Å². The van der Waals surface area contributed by atoms with Crippen LogP contribution < -0.4 is 21.1 Å². The maximum atomic E-state index is 12.1. The number of piperidine rings is 1. The van der Waals surface area contributed by atoms with Gasteiger partial charge >= 0.3 is 6.03 Å². The van der Waals surface area contributed by atoms with Gasteiger partial charge in [-0.05, 0) is 43.9 Å². The zero-order chi connectivity index (χ0) is 16.9. The third kappa shape index (κ3) is 4.13. The standard InChI is InChI=1S/C17H21N5O2/c1-12-6-5-7-13(10-12)18-17(24)20-14-11-15(23)21-16(19-14)22-8-3-2-4-9-22/h5-7,10-11H,2-4,8-9H2,1H3,(H3,18,19,20,21,23,24).